The Balaban J connectivity index is 4.19. The first-order chi connectivity index (χ1) is 33.6. The summed E-state index contributed by atoms with van der Waals surface area (Å²) < 4.78 is 22.8. The van der Waals surface area contributed by atoms with Crippen LogP contribution in [0, 0.1) is 0 Å². The topological polar surface area (TPSA) is 108 Å². The second-order valence-corrected chi connectivity index (χ2v) is 20.6. The van der Waals surface area contributed by atoms with Crippen molar-refractivity contribution < 1.29 is 42.9 Å². The smallest absolute Gasteiger partial charge is 0.361 e. The minimum absolute atomic E-state index is 0.182. The molecule has 0 aliphatic heterocycles. The molecule has 0 aromatic carbocycles. The maximum absolute atomic E-state index is 12.8. The molecule has 0 fully saturated rings. The molecule has 402 valence electrons. The number of aliphatic carboxylic acids is 1. The second kappa shape index (κ2) is 51.6. The Kier molecular flexibility index (Phi) is 49.5. The van der Waals surface area contributed by atoms with Crippen LogP contribution in [-0.2, 0) is 33.3 Å². The zero-order valence-corrected chi connectivity index (χ0v) is 45.7. The Morgan fingerprint density at radius 3 is 1.23 bits per heavy atom. The number of carbonyl (C=O) groups is 3. The fraction of sp³-hybridized carbons (Fsp3) is 0.817. The van der Waals surface area contributed by atoms with Gasteiger partial charge in [-0.15, -0.1) is 0 Å². The minimum atomic E-state index is -1.52. The van der Waals surface area contributed by atoms with Gasteiger partial charge in [0.2, 0.25) is 0 Å². The van der Waals surface area contributed by atoms with Crippen molar-refractivity contribution in [3.63, 3.8) is 0 Å². The molecular formula is C60H110NO8+. The molecule has 2 atom stereocenters. The molecule has 0 saturated carbocycles. The molecule has 2 unspecified atom stereocenters. The van der Waals surface area contributed by atoms with Gasteiger partial charge < -0.3 is 28.5 Å². The molecule has 0 rings (SSSR count). The zero-order valence-electron chi connectivity index (χ0n) is 45.7. The summed E-state index contributed by atoms with van der Waals surface area (Å²) in [5, 5.41) is 9.69. The van der Waals surface area contributed by atoms with Crippen LogP contribution in [0.2, 0.25) is 0 Å². The lowest BCUT2D eigenvalue weighted by Gasteiger charge is -2.25. The van der Waals surface area contributed by atoms with Gasteiger partial charge in [0.25, 0.3) is 6.29 Å². The molecule has 0 aromatic rings. The number of rotatable bonds is 53. The summed E-state index contributed by atoms with van der Waals surface area (Å²) in [6, 6.07) is 0. The monoisotopic (exact) mass is 973 g/mol. The SMILES string of the molecule is CC/C=C\C/C=C\C/C=C\C/C=C\CCCCCCC(=O)OC(COC(=O)CCCCCCCCCCCCCCCCCCCCCCCCCCCCC)COC(OCC[N+](C)(C)C)C(=O)O. The van der Waals surface area contributed by atoms with Crippen LogP contribution in [0.15, 0.2) is 48.6 Å². The average Bonchev–Trinajstić information content (AvgIpc) is 3.31. The van der Waals surface area contributed by atoms with Crippen LogP contribution in [0.25, 0.3) is 0 Å². The lowest BCUT2D eigenvalue weighted by Crippen LogP contribution is -2.40. The number of quaternary nitrogens is 1. The highest BCUT2D eigenvalue weighted by atomic mass is 16.7. The van der Waals surface area contributed by atoms with E-state index < -0.39 is 24.3 Å². The normalized spacial score (nSPS) is 13.1. The average molecular weight is 974 g/mol. The number of carboxylic acids is 1. The Morgan fingerprint density at radius 1 is 0.449 bits per heavy atom. The maximum atomic E-state index is 12.8. The Bertz CT molecular complexity index is 1270. The number of carboxylic acid groups (broad SMARTS) is 1. The van der Waals surface area contributed by atoms with Crippen molar-refractivity contribution >= 4 is 17.9 Å². The summed E-state index contributed by atoms with van der Waals surface area (Å²) in [5.74, 6) is -2.03. The molecule has 69 heavy (non-hydrogen) atoms. The summed E-state index contributed by atoms with van der Waals surface area (Å²) >= 11 is 0. The third kappa shape index (κ3) is 52.9. The van der Waals surface area contributed by atoms with Crippen LogP contribution in [0.5, 0.6) is 0 Å². The van der Waals surface area contributed by atoms with E-state index in [0.29, 0.717) is 23.9 Å². The predicted molar refractivity (Wildman–Crippen MR) is 290 cm³/mol. The molecule has 0 amide bonds. The lowest BCUT2D eigenvalue weighted by atomic mass is 10.0. The fourth-order valence-corrected chi connectivity index (χ4v) is 8.18. The summed E-state index contributed by atoms with van der Waals surface area (Å²) in [6.45, 7) is 4.76. The second-order valence-electron chi connectivity index (χ2n) is 20.6. The van der Waals surface area contributed by atoms with E-state index in [-0.39, 0.29) is 32.2 Å². The first kappa shape index (κ1) is 66.2. The number of likely N-dealkylation sites (N-methyl/N-ethyl adjacent to an activating group) is 1. The Hall–Kier alpha value is -2.75. The van der Waals surface area contributed by atoms with E-state index in [0.717, 1.165) is 70.6 Å². The molecule has 0 heterocycles. The van der Waals surface area contributed by atoms with Gasteiger partial charge in [-0.2, -0.15) is 0 Å². The van der Waals surface area contributed by atoms with Gasteiger partial charge in [0.05, 0.1) is 34.4 Å². The van der Waals surface area contributed by atoms with E-state index in [2.05, 4.69) is 62.5 Å². The zero-order chi connectivity index (χ0) is 50.6. The molecule has 9 nitrogen and oxygen atoms in total. The third-order valence-electron chi connectivity index (χ3n) is 12.6. The van der Waals surface area contributed by atoms with Gasteiger partial charge in [-0.25, -0.2) is 4.79 Å². The molecular weight excluding hydrogens is 863 g/mol. The molecule has 0 bridgehead atoms. The van der Waals surface area contributed by atoms with Crippen molar-refractivity contribution in [3.8, 4) is 0 Å². The first-order valence-corrected chi connectivity index (χ1v) is 28.8. The van der Waals surface area contributed by atoms with E-state index in [9.17, 15) is 19.5 Å². The largest absolute Gasteiger partial charge is 0.477 e. The van der Waals surface area contributed by atoms with Gasteiger partial charge in [0.1, 0.15) is 13.2 Å². The number of unbranched alkanes of at least 4 members (excludes halogenated alkanes) is 30. The van der Waals surface area contributed by atoms with Gasteiger partial charge in [0, 0.05) is 12.8 Å². The van der Waals surface area contributed by atoms with Crippen LogP contribution in [-0.4, -0.2) is 87.4 Å². The molecule has 0 spiro atoms. The van der Waals surface area contributed by atoms with Crippen molar-refractivity contribution in [3.05, 3.63) is 48.6 Å². The predicted octanol–water partition coefficient (Wildman–Crippen LogP) is 16.7. The molecule has 9 heteroatoms. The maximum Gasteiger partial charge on any atom is 0.361 e. The number of carbonyl (C=O) groups excluding carboxylic acids is 2. The Labute approximate surface area is 425 Å². The fourth-order valence-electron chi connectivity index (χ4n) is 8.18. The quantitative estimate of drug-likeness (QED) is 0.0211. The number of esters is 2. The van der Waals surface area contributed by atoms with E-state index in [1.807, 2.05) is 21.1 Å². The lowest BCUT2D eigenvalue weighted by molar-refractivity contribution is -0.870. The van der Waals surface area contributed by atoms with Crippen LogP contribution >= 0.6 is 0 Å². The summed E-state index contributed by atoms with van der Waals surface area (Å²) in [6.07, 6.45) is 60.6. The summed E-state index contributed by atoms with van der Waals surface area (Å²) in [7, 11) is 5.96. The minimum Gasteiger partial charge on any atom is -0.477 e. The van der Waals surface area contributed by atoms with E-state index in [1.165, 1.54) is 154 Å². The summed E-state index contributed by atoms with van der Waals surface area (Å²) in [4.78, 5) is 37.4. The molecule has 0 aliphatic carbocycles. The number of hydrogen-bond acceptors (Lipinski definition) is 7. The highest BCUT2D eigenvalue weighted by Gasteiger charge is 2.25. The number of ether oxygens (including phenoxy) is 4. The van der Waals surface area contributed by atoms with Crippen molar-refractivity contribution in [1.82, 2.24) is 0 Å². The van der Waals surface area contributed by atoms with Gasteiger partial charge in [-0.05, 0) is 51.4 Å². The van der Waals surface area contributed by atoms with Crippen LogP contribution < -0.4 is 0 Å². The van der Waals surface area contributed by atoms with Crippen molar-refractivity contribution in [1.29, 1.82) is 0 Å². The van der Waals surface area contributed by atoms with Crippen molar-refractivity contribution in [2.45, 2.75) is 270 Å². The third-order valence-corrected chi connectivity index (χ3v) is 12.6. The Morgan fingerprint density at radius 2 is 0.826 bits per heavy atom. The van der Waals surface area contributed by atoms with Gasteiger partial charge in [-0.3, -0.25) is 9.59 Å². The summed E-state index contributed by atoms with van der Waals surface area (Å²) in [5.41, 5.74) is 0. The van der Waals surface area contributed by atoms with Crippen molar-refractivity contribution in [2.24, 2.45) is 0 Å². The van der Waals surface area contributed by atoms with Crippen LogP contribution in [0.1, 0.15) is 258 Å². The van der Waals surface area contributed by atoms with Crippen LogP contribution in [0.4, 0.5) is 0 Å². The first-order valence-electron chi connectivity index (χ1n) is 28.8. The number of nitrogens with zero attached hydrogens (tertiary/aromatic N) is 1. The van der Waals surface area contributed by atoms with Gasteiger partial charge in [0.15, 0.2) is 6.10 Å². The molecule has 0 saturated heterocycles. The van der Waals surface area contributed by atoms with Gasteiger partial charge >= 0.3 is 17.9 Å². The molecule has 0 radical (unpaired) electrons. The molecule has 0 aromatic heterocycles. The number of allylic oxidation sites excluding steroid dienone is 8. The van der Waals surface area contributed by atoms with E-state index in [4.69, 9.17) is 18.9 Å². The van der Waals surface area contributed by atoms with Crippen molar-refractivity contribution in [2.75, 3.05) is 47.5 Å². The standard InChI is InChI=1S/C60H109NO8/c1-6-8-10-12-14-16-18-20-22-24-25-26-27-28-29-30-31-32-33-35-36-38-40-42-44-46-48-50-57(62)67-54-56(55-68-60(59(64)65)66-53-52-61(3,4)5)69-58(63)51-49-47-45-43-41-39-37-34-23-21-19-17-15-13-11-9-7-2/h9,11,15,17,21,23,37,39,56,60H,6-8,10,12-14,16,18-20,22,24-36,38,40-55H2,1-5H3/p+1/b11-9-,17-15-,23-21-,39-37-. The molecule has 1 N–H and O–H groups in total. The van der Waals surface area contributed by atoms with Gasteiger partial charge in [-0.1, -0.05) is 242 Å². The highest BCUT2D eigenvalue weighted by molar-refractivity contribution is 5.71. The highest BCUT2D eigenvalue weighted by Crippen LogP contribution is 2.17. The number of hydrogen-bond donors (Lipinski definition) is 1. The van der Waals surface area contributed by atoms with E-state index >= 15 is 0 Å². The molecule has 0 aliphatic rings. The van der Waals surface area contributed by atoms with E-state index in [1.54, 1.807) is 0 Å². The van der Waals surface area contributed by atoms with Crippen LogP contribution in [0.3, 0.4) is 0 Å².